The molecule has 9 heteroatoms. The summed E-state index contributed by atoms with van der Waals surface area (Å²) in [5.41, 5.74) is 0.742. The highest BCUT2D eigenvalue weighted by molar-refractivity contribution is 5.96. The fourth-order valence-electron chi connectivity index (χ4n) is 3.05. The smallest absolute Gasteiger partial charge is 0.410 e. The normalized spacial score (nSPS) is 16.0. The Hall–Kier alpha value is -3.10. The first kappa shape index (κ1) is 23.2. The van der Waals surface area contributed by atoms with E-state index >= 15 is 0 Å². The van der Waals surface area contributed by atoms with Crippen LogP contribution in [0.25, 0.3) is 0 Å². The number of benzene rings is 1. The number of nitrogens with zero attached hydrogens (tertiary/aromatic N) is 1. The fourth-order valence-corrected chi connectivity index (χ4v) is 3.05. The minimum absolute atomic E-state index is 0.0955. The average Bonchev–Trinajstić information content (AvgIpc) is 3.16. The largest absolute Gasteiger partial charge is 0.444 e. The van der Waals surface area contributed by atoms with Crippen LogP contribution >= 0.6 is 0 Å². The van der Waals surface area contributed by atoms with E-state index in [9.17, 15) is 19.2 Å². The second kappa shape index (κ2) is 10.1. The molecule has 1 aromatic rings. The Bertz CT molecular complexity index is 786. The maximum absolute atomic E-state index is 12.5. The molecule has 1 fully saturated rings. The number of carbonyl (C=O) groups is 4. The number of ether oxygens (including phenoxy) is 1. The van der Waals surface area contributed by atoms with Gasteiger partial charge >= 0.3 is 6.09 Å². The molecular formula is C21H30N4O5. The summed E-state index contributed by atoms with van der Waals surface area (Å²) >= 11 is 0. The third-order valence-electron chi connectivity index (χ3n) is 4.49. The van der Waals surface area contributed by atoms with Gasteiger partial charge in [-0.25, -0.2) is 4.79 Å². The van der Waals surface area contributed by atoms with E-state index in [1.54, 1.807) is 52.1 Å². The SMILES string of the molecule is CNC(=O)Cc1ccc(NC(=O)CNC(=O)[C@@H]2CCCN2C(=O)OC(C)(C)C)cc1. The number of likely N-dealkylation sites (tertiary alicyclic amines) is 1. The molecule has 0 bridgehead atoms. The van der Waals surface area contributed by atoms with E-state index in [1.165, 1.54) is 4.90 Å². The Morgan fingerprint density at radius 1 is 1.10 bits per heavy atom. The van der Waals surface area contributed by atoms with Crippen molar-refractivity contribution in [3.8, 4) is 0 Å². The van der Waals surface area contributed by atoms with E-state index in [2.05, 4.69) is 16.0 Å². The lowest BCUT2D eigenvalue weighted by molar-refractivity contribution is -0.127. The number of hydrogen-bond acceptors (Lipinski definition) is 5. The van der Waals surface area contributed by atoms with Crippen molar-refractivity contribution in [2.75, 3.05) is 25.5 Å². The van der Waals surface area contributed by atoms with Crippen LogP contribution in [0.1, 0.15) is 39.2 Å². The van der Waals surface area contributed by atoms with Gasteiger partial charge < -0.3 is 20.7 Å². The van der Waals surface area contributed by atoms with E-state index in [0.29, 0.717) is 25.1 Å². The molecule has 0 saturated carbocycles. The molecule has 1 aliphatic rings. The van der Waals surface area contributed by atoms with Gasteiger partial charge in [-0.3, -0.25) is 19.3 Å². The van der Waals surface area contributed by atoms with Crippen LogP contribution in [-0.2, 0) is 25.5 Å². The third-order valence-corrected chi connectivity index (χ3v) is 4.49. The number of rotatable bonds is 6. The molecule has 0 aromatic heterocycles. The number of carbonyl (C=O) groups excluding carboxylic acids is 4. The summed E-state index contributed by atoms with van der Waals surface area (Å²) in [5, 5.41) is 7.82. The van der Waals surface area contributed by atoms with Crippen LogP contribution in [0.2, 0.25) is 0 Å². The van der Waals surface area contributed by atoms with Crippen molar-refractivity contribution in [3.63, 3.8) is 0 Å². The highest BCUT2D eigenvalue weighted by atomic mass is 16.6. The van der Waals surface area contributed by atoms with Crippen LogP contribution < -0.4 is 16.0 Å². The fraction of sp³-hybridized carbons (Fsp3) is 0.524. The molecule has 3 N–H and O–H groups in total. The lowest BCUT2D eigenvalue weighted by Crippen LogP contribution is -2.48. The molecule has 164 valence electrons. The molecule has 4 amide bonds. The standard InChI is InChI=1S/C21H30N4O5/c1-21(2,3)30-20(29)25-11-5-6-16(25)19(28)23-13-18(27)24-15-9-7-14(8-10-15)12-17(26)22-4/h7-10,16H,5-6,11-13H2,1-4H3,(H,22,26)(H,23,28)(H,24,27)/t16-/m0/s1. The van der Waals surface area contributed by atoms with E-state index in [1.807, 2.05) is 0 Å². The minimum Gasteiger partial charge on any atom is -0.444 e. The van der Waals surface area contributed by atoms with Crippen LogP contribution in [-0.4, -0.2) is 60.5 Å². The Morgan fingerprint density at radius 2 is 1.77 bits per heavy atom. The van der Waals surface area contributed by atoms with Crippen molar-refractivity contribution in [3.05, 3.63) is 29.8 Å². The van der Waals surface area contributed by atoms with E-state index in [0.717, 1.165) is 5.56 Å². The molecule has 9 nitrogen and oxygen atoms in total. The van der Waals surface area contributed by atoms with Crippen molar-refractivity contribution in [2.24, 2.45) is 0 Å². The molecule has 0 unspecified atom stereocenters. The molecule has 2 rings (SSSR count). The number of likely N-dealkylation sites (N-methyl/N-ethyl adjacent to an activating group) is 1. The summed E-state index contributed by atoms with van der Waals surface area (Å²) in [6.07, 6.45) is 0.961. The summed E-state index contributed by atoms with van der Waals surface area (Å²) in [6, 6.07) is 6.25. The Labute approximate surface area is 176 Å². The average molecular weight is 418 g/mol. The third kappa shape index (κ3) is 7.06. The van der Waals surface area contributed by atoms with Gasteiger partial charge in [-0.05, 0) is 51.3 Å². The molecule has 1 aliphatic heterocycles. The van der Waals surface area contributed by atoms with Gasteiger partial charge in [0.15, 0.2) is 0 Å². The van der Waals surface area contributed by atoms with Crippen molar-refractivity contribution in [2.45, 2.75) is 51.7 Å². The summed E-state index contributed by atoms with van der Waals surface area (Å²) in [7, 11) is 1.57. The Kier molecular flexibility index (Phi) is 7.79. The molecule has 0 radical (unpaired) electrons. The molecule has 1 saturated heterocycles. The van der Waals surface area contributed by atoms with E-state index < -0.39 is 17.7 Å². The first-order valence-corrected chi connectivity index (χ1v) is 9.96. The van der Waals surface area contributed by atoms with Crippen molar-refractivity contribution < 1.29 is 23.9 Å². The van der Waals surface area contributed by atoms with Crippen LogP contribution in [0.3, 0.4) is 0 Å². The highest BCUT2D eigenvalue weighted by Crippen LogP contribution is 2.21. The monoisotopic (exact) mass is 418 g/mol. The van der Waals surface area contributed by atoms with Gasteiger partial charge in [-0.2, -0.15) is 0 Å². The first-order valence-electron chi connectivity index (χ1n) is 9.96. The molecule has 1 aromatic carbocycles. The minimum atomic E-state index is -0.642. The van der Waals surface area contributed by atoms with Crippen molar-refractivity contribution in [1.82, 2.24) is 15.5 Å². The summed E-state index contributed by atoms with van der Waals surface area (Å²) in [6.45, 7) is 5.54. The van der Waals surface area contributed by atoms with Crippen LogP contribution in [0.15, 0.2) is 24.3 Å². The van der Waals surface area contributed by atoms with Crippen molar-refractivity contribution in [1.29, 1.82) is 0 Å². The van der Waals surface area contributed by atoms with Crippen LogP contribution in [0, 0.1) is 0 Å². The summed E-state index contributed by atoms with van der Waals surface area (Å²) in [4.78, 5) is 49.7. The number of hydrogen-bond donors (Lipinski definition) is 3. The zero-order chi connectivity index (χ0) is 22.3. The number of anilines is 1. The Balaban J connectivity index is 1.83. The van der Waals surface area contributed by atoms with Gasteiger partial charge in [0.05, 0.1) is 13.0 Å². The van der Waals surface area contributed by atoms with Gasteiger partial charge in [0.1, 0.15) is 11.6 Å². The predicted molar refractivity (Wildman–Crippen MR) is 112 cm³/mol. The van der Waals surface area contributed by atoms with Crippen LogP contribution in [0.4, 0.5) is 10.5 Å². The van der Waals surface area contributed by atoms with Crippen molar-refractivity contribution >= 4 is 29.5 Å². The molecule has 30 heavy (non-hydrogen) atoms. The van der Waals surface area contributed by atoms with E-state index in [4.69, 9.17) is 4.74 Å². The van der Waals surface area contributed by atoms with Gasteiger partial charge in [0.2, 0.25) is 17.7 Å². The number of nitrogens with one attached hydrogen (secondary N) is 3. The Morgan fingerprint density at radius 3 is 2.37 bits per heavy atom. The van der Waals surface area contributed by atoms with Gasteiger partial charge in [-0.15, -0.1) is 0 Å². The van der Waals surface area contributed by atoms with E-state index in [-0.39, 0.29) is 30.7 Å². The number of amides is 4. The molecule has 0 aliphatic carbocycles. The zero-order valence-electron chi connectivity index (χ0n) is 17.9. The maximum Gasteiger partial charge on any atom is 0.410 e. The second-order valence-electron chi connectivity index (χ2n) is 8.14. The molecule has 1 atom stereocenters. The lowest BCUT2D eigenvalue weighted by atomic mass is 10.1. The predicted octanol–water partition coefficient (Wildman–Crippen LogP) is 1.43. The maximum atomic E-state index is 12.5. The molecule has 0 spiro atoms. The van der Waals surface area contributed by atoms with Gasteiger partial charge in [0.25, 0.3) is 0 Å². The zero-order valence-corrected chi connectivity index (χ0v) is 17.9. The second-order valence-corrected chi connectivity index (χ2v) is 8.14. The quantitative estimate of drug-likeness (QED) is 0.646. The summed E-state index contributed by atoms with van der Waals surface area (Å²) < 4.78 is 5.35. The molecular weight excluding hydrogens is 388 g/mol. The summed E-state index contributed by atoms with van der Waals surface area (Å²) in [5.74, 6) is -0.861. The highest BCUT2D eigenvalue weighted by Gasteiger charge is 2.36. The van der Waals surface area contributed by atoms with Crippen LogP contribution in [0.5, 0.6) is 0 Å². The first-order chi connectivity index (χ1) is 14.1. The molecule has 1 heterocycles. The van der Waals surface area contributed by atoms with Gasteiger partial charge in [0, 0.05) is 19.3 Å². The van der Waals surface area contributed by atoms with Gasteiger partial charge in [-0.1, -0.05) is 12.1 Å². The topological polar surface area (TPSA) is 117 Å². The lowest BCUT2D eigenvalue weighted by Gasteiger charge is -2.28.